The van der Waals surface area contributed by atoms with Gasteiger partial charge in [0.05, 0.1) is 6.54 Å². The second kappa shape index (κ2) is 8.98. The van der Waals surface area contributed by atoms with Gasteiger partial charge in [0.25, 0.3) is 0 Å². The number of guanidine groups is 1. The molecule has 1 atom stereocenters. The third kappa shape index (κ3) is 5.16. The fourth-order valence-corrected chi connectivity index (χ4v) is 3.11. The normalized spacial score (nSPS) is 23.3. The second-order valence-corrected chi connectivity index (χ2v) is 6.35. The van der Waals surface area contributed by atoms with E-state index in [4.69, 9.17) is 5.73 Å². The topological polar surface area (TPSA) is 82.8 Å². The van der Waals surface area contributed by atoms with Crippen LogP contribution in [0.25, 0.3) is 0 Å². The van der Waals surface area contributed by atoms with Gasteiger partial charge in [0.15, 0.2) is 5.96 Å². The van der Waals surface area contributed by atoms with E-state index >= 15 is 0 Å². The summed E-state index contributed by atoms with van der Waals surface area (Å²) in [5, 5.41) is 6.11. The predicted molar refractivity (Wildman–Crippen MR) is 89.7 cm³/mol. The zero-order chi connectivity index (χ0) is 15.8. The van der Waals surface area contributed by atoms with Crippen molar-refractivity contribution in [1.82, 2.24) is 15.5 Å². The van der Waals surface area contributed by atoms with E-state index < -0.39 is 0 Å². The van der Waals surface area contributed by atoms with Crippen molar-refractivity contribution in [3.05, 3.63) is 0 Å². The zero-order valence-electron chi connectivity index (χ0n) is 13.8. The summed E-state index contributed by atoms with van der Waals surface area (Å²) in [5.41, 5.74) is 5.89. The molecule has 0 aromatic heterocycles. The van der Waals surface area contributed by atoms with E-state index in [9.17, 15) is 4.79 Å². The maximum Gasteiger partial charge on any atom is 0.223 e. The quantitative estimate of drug-likeness (QED) is 0.350. The van der Waals surface area contributed by atoms with Crippen LogP contribution in [0.15, 0.2) is 4.99 Å². The minimum absolute atomic E-state index is 0.216. The van der Waals surface area contributed by atoms with Crippen LogP contribution in [0.1, 0.15) is 45.4 Å². The molecule has 2 rings (SSSR count). The van der Waals surface area contributed by atoms with Gasteiger partial charge >= 0.3 is 0 Å². The summed E-state index contributed by atoms with van der Waals surface area (Å²) in [6.07, 6.45) is 6.67. The Morgan fingerprint density at radius 2 is 2.00 bits per heavy atom. The van der Waals surface area contributed by atoms with Crippen LogP contribution < -0.4 is 16.4 Å². The number of aliphatic imine (C=N–C) groups is 1. The van der Waals surface area contributed by atoms with Gasteiger partial charge < -0.3 is 16.4 Å². The number of hydrogen-bond acceptors (Lipinski definition) is 3. The van der Waals surface area contributed by atoms with Crippen molar-refractivity contribution in [2.75, 3.05) is 32.7 Å². The Morgan fingerprint density at radius 1 is 1.23 bits per heavy atom. The van der Waals surface area contributed by atoms with E-state index in [0.29, 0.717) is 18.5 Å². The summed E-state index contributed by atoms with van der Waals surface area (Å²) < 4.78 is 0. The van der Waals surface area contributed by atoms with E-state index in [0.717, 1.165) is 38.9 Å². The molecule has 126 valence electrons. The van der Waals surface area contributed by atoms with E-state index in [1.165, 1.54) is 25.8 Å². The largest absolute Gasteiger partial charge is 0.370 e. The number of carbonyl (C=O) groups excluding carboxylic acids is 1. The van der Waals surface area contributed by atoms with E-state index in [1.54, 1.807) is 0 Å². The molecule has 0 aromatic rings. The van der Waals surface area contributed by atoms with E-state index in [1.807, 2.05) is 0 Å². The minimum Gasteiger partial charge on any atom is -0.370 e. The molecule has 2 aliphatic rings. The van der Waals surface area contributed by atoms with Gasteiger partial charge in [0.1, 0.15) is 0 Å². The Bertz CT molecular complexity index is 381. The van der Waals surface area contributed by atoms with Crippen LogP contribution >= 0.6 is 0 Å². The molecule has 6 nitrogen and oxygen atoms in total. The summed E-state index contributed by atoms with van der Waals surface area (Å²) in [6.45, 7) is 6.72. The fraction of sp³-hybridized carbons (Fsp3) is 0.875. The predicted octanol–water partition coefficient (Wildman–Crippen LogP) is 0.681. The Hall–Kier alpha value is -1.30. The first-order valence-corrected chi connectivity index (χ1v) is 8.76. The first-order valence-electron chi connectivity index (χ1n) is 8.76. The molecule has 1 aliphatic carbocycles. The number of likely N-dealkylation sites (tertiary alicyclic amines) is 1. The SMILES string of the molecule is CCN1CCCC1CN=C(N)NCCCNC(=O)C1CCC1. The molecule has 22 heavy (non-hydrogen) atoms. The Labute approximate surface area is 133 Å². The molecule has 1 saturated carbocycles. The maximum absolute atomic E-state index is 11.6. The molecular weight excluding hydrogens is 278 g/mol. The number of carbonyl (C=O) groups is 1. The molecule has 0 spiro atoms. The molecule has 1 unspecified atom stereocenters. The van der Waals surface area contributed by atoms with Crippen molar-refractivity contribution in [3.8, 4) is 0 Å². The molecule has 1 amide bonds. The van der Waals surface area contributed by atoms with Crippen molar-refractivity contribution >= 4 is 11.9 Å². The molecule has 1 saturated heterocycles. The number of nitrogens with two attached hydrogens (primary N) is 1. The van der Waals surface area contributed by atoms with Crippen molar-refractivity contribution < 1.29 is 4.79 Å². The summed E-state index contributed by atoms with van der Waals surface area (Å²) in [5.74, 6) is 1.01. The highest BCUT2D eigenvalue weighted by molar-refractivity contribution is 5.79. The third-order valence-electron chi connectivity index (χ3n) is 4.81. The van der Waals surface area contributed by atoms with Crippen LogP contribution in [0.3, 0.4) is 0 Å². The van der Waals surface area contributed by atoms with Crippen molar-refractivity contribution in [2.45, 2.75) is 51.5 Å². The van der Waals surface area contributed by atoms with Crippen LogP contribution in [0.4, 0.5) is 0 Å². The van der Waals surface area contributed by atoms with Crippen molar-refractivity contribution in [3.63, 3.8) is 0 Å². The summed E-state index contributed by atoms with van der Waals surface area (Å²) in [6, 6.07) is 0.548. The van der Waals surface area contributed by atoms with Gasteiger partial charge in [-0.1, -0.05) is 13.3 Å². The summed E-state index contributed by atoms with van der Waals surface area (Å²) >= 11 is 0. The second-order valence-electron chi connectivity index (χ2n) is 6.35. The lowest BCUT2D eigenvalue weighted by Crippen LogP contribution is -2.38. The average Bonchev–Trinajstić information content (AvgIpc) is 2.90. The van der Waals surface area contributed by atoms with Crippen LogP contribution in [0, 0.1) is 5.92 Å². The monoisotopic (exact) mass is 309 g/mol. The molecule has 6 heteroatoms. The minimum atomic E-state index is 0.216. The lowest BCUT2D eigenvalue weighted by Gasteiger charge is -2.24. The highest BCUT2D eigenvalue weighted by Crippen LogP contribution is 2.25. The number of nitrogens with zero attached hydrogens (tertiary/aromatic N) is 2. The summed E-state index contributed by atoms with van der Waals surface area (Å²) in [4.78, 5) is 18.6. The molecule has 0 aromatic carbocycles. The van der Waals surface area contributed by atoms with Crippen LogP contribution in [-0.2, 0) is 4.79 Å². The van der Waals surface area contributed by atoms with Crippen LogP contribution in [-0.4, -0.2) is 55.5 Å². The summed E-state index contributed by atoms with van der Waals surface area (Å²) in [7, 11) is 0. The third-order valence-corrected chi connectivity index (χ3v) is 4.81. The lowest BCUT2D eigenvalue weighted by atomic mass is 9.85. The molecule has 1 aliphatic heterocycles. The molecule has 0 bridgehead atoms. The Kier molecular flexibility index (Phi) is 6.96. The van der Waals surface area contributed by atoms with Crippen LogP contribution in [0.2, 0.25) is 0 Å². The van der Waals surface area contributed by atoms with Crippen LogP contribution in [0.5, 0.6) is 0 Å². The first-order chi connectivity index (χ1) is 10.7. The van der Waals surface area contributed by atoms with Gasteiger partial charge in [0.2, 0.25) is 5.91 Å². The molecule has 2 fully saturated rings. The number of rotatable bonds is 8. The molecule has 0 radical (unpaired) electrons. The molecular formula is C16H31N5O. The van der Waals surface area contributed by atoms with Gasteiger partial charge in [-0.2, -0.15) is 0 Å². The van der Waals surface area contributed by atoms with Gasteiger partial charge in [-0.25, -0.2) is 0 Å². The van der Waals surface area contributed by atoms with Gasteiger partial charge in [0, 0.05) is 25.0 Å². The van der Waals surface area contributed by atoms with Gasteiger partial charge in [-0.15, -0.1) is 0 Å². The van der Waals surface area contributed by atoms with Crippen molar-refractivity contribution in [1.29, 1.82) is 0 Å². The maximum atomic E-state index is 11.6. The average molecular weight is 309 g/mol. The molecule has 4 N–H and O–H groups in total. The lowest BCUT2D eigenvalue weighted by molar-refractivity contribution is -0.127. The Morgan fingerprint density at radius 3 is 2.68 bits per heavy atom. The smallest absolute Gasteiger partial charge is 0.223 e. The number of likely N-dealkylation sites (N-methyl/N-ethyl adjacent to an activating group) is 1. The van der Waals surface area contributed by atoms with Crippen molar-refractivity contribution in [2.24, 2.45) is 16.6 Å². The fourth-order valence-electron chi connectivity index (χ4n) is 3.11. The number of amides is 1. The standard InChI is InChI=1S/C16H31N5O/c1-2-21-11-4-8-14(21)12-20-16(17)19-10-5-9-18-15(22)13-6-3-7-13/h13-14H,2-12H2,1H3,(H,18,22)(H3,17,19,20). The number of nitrogens with one attached hydrogen (secondary N) is 2. The highest BCUT2D eigenvalue weighted by Gasteiger charge is 2.24. The van der Waals surface area contributed by atoms with Gasteiger partial charge in [-0.3, -0.25) is 14.7 Å². The number of hydrogen-bond donors (Lipinski definition) is 3. The van der Waals surface area contributed by atoms with E-state index in [-0.39, 0.29) is 11.8 Å². The highest BCUT2D eigenvalue weighted by atomic mass is 16.1. The zero-order valence-corrected chi connectivity index (χ0v) is 13.8. The van der Waals surface area contributed by atoms with Gasteiger partial charge in [-0.05, 0) is 45.2 Å². The first kappa shape index (κ1) is 17.1. The molecule has 1 heterocycles. The van der Waals surface area contributed by atoms with E-state index in [2.05, 4.69) is 27.4 Å². The Balaban J connectivity index is 1.52.